The number of nitro groups is 1. The Balaban J connectivity index is 1.56. The van der Waals surface area contributed by atoms with Crippen molar-refractivity contribution >= 4 is 17.3 Å². The standard InChI is InChI=1S/C15H17ClN4O3/c16-12-3-1-2-11(6-12)15(4-5-15)17-8-14(21)10-19-9-13(7-18-19)20(22)23/h1-3,6-7,9,14,17,21H,4-5,8,10H2. The zero-order valence-electron chi connectivity index (χ0n) is 12.4. The van der Waals surface area contributed by atoms with E-state index in [1.807, 2.05) is 24.3 Å². The zero-order chi connectivity index (χ0) is 16.4. The van der Waals surface area contributed by atoms with E-state index < -0.39 is 11.0 Å². The molecule has 23 heavy (non-hydrogen) atoms. The van der Waals surface area contributed by atoms with Crippen molar-refractivity contribution in [1.29, 1.82) is 0 Å². The van der Waals surface area contributed by atoms with Gasteiger partial charge in [-0.1, -0.05) is 23.7 Å². The molecule has 122 valence electrons. The van der Waals surface area contributed by atoms with Crippen LogP contribution in [-0.2, 0) is 12.1 Å². The van der Waals surface area contributed by atoms with Crippen LogP contribution in [0.2, 0.25) is 5.02 Å². The summed E-state index contributed by atoms with van der Waals surface area (Å²) in [7, 11) is 0. The summed E-state index contributed by atoms with van der Waals surface area (Å²) in [6, 6.07) is 7.71. The molecule has 7 nitrogen and oxygen atoms in total. The molecule has 1 aliphatic carbocycles. The minimum atomic E-state index is -0.689. The molecule has 1 unspecified atom stereocenters. The molecule has 1 saturated carbocycles. The van der Waals surface area contributed by atoms with Gasteiger partial charge in [-0.25, -0.2) is 0 Å². The molecular weight excluding hydrogens is 320 g/mol. The summed E-state index contributed by atoms with van der Waals surface area (Å²) in [5.74, 6) is 0. The first-order valence-electron chi connectivity index (χ1n) is 7.34. The lowest BCUT2D eigenvalue weighted by atomic mass is 10.0. The van der Waals surface area contributed by atoms with Crippen molar-refractivity contribution in [2.24, 2.45) is 0 Å². The van der Waals surface area contributed by atoms with E-state index in [9.17, 15) is 15.2 Å². The number of hydrogen-bond donors (Lipinski definition) is 2. The highest BCUT2D eigenvalue weighted by Crippen LogP contribution is 2.45. The minimum Gasteiger partial charge on any atom is -0.390 e. The third-order valence-electron chi connectivity index (χ3n) is 4.03. The zero-order valence-corrected chi connectivity index (χ0v) is 13.1. The molecule has 8 heteroatoms. The number of nitrogens with zero attached hydrogens (tertiary/aromatic N) is 3. The number of nitrogens with one attached hydrogen (secondary N) is 1. The van der Waals surface area contributed by atoms with Gasteiger partial charge in [0.1, 0.15) is 12.4 Å². The first-order chi connectivity index (χ1) is 11.0. The van der Waals surface area contributed by atoms with E-state index in [0.29, 0.717) is 11.6 Å². The largest absolute Gasteiger partial charge is 0.390 e. The number of aliphatic hydroxyl groups excluding tert-OH is 1. The maximum atomic E-state index is 10.6. The van der Waals surface area contributed by atoms with Gasteiger partial charge in [-0.15, -0.1) is 0 Å². The number of hydrogen-bond acceptors (Lipinski definition) is 5. The Bertz CT molecular complexity index is 714. The maximum absolute atomic E-state index is 10.6. The van der Waals surface area contributed by atoms with E-state index in [1.54, 1.807) is 0 Å². The molecule has 0 saturated heterocycles. The maximum Gasteiger partial charge on any atom is 0.306 e. The van der Waals surface area contributed by atoms with Crippen molar-refractivity contribution in [3.8, 4) is 0 Å². The van der Waals surface area contributed by atoms with E-state index in [-0.39, 0.29) is 17.8 Å². The van der Waals surface area contributed by atoms with Crippen LogP contribution in [0.25, 0.3) is 0 Å². The van der Waals surface area contributed by atoms with E-state index in [0.717, 1.165) is 18.4 Å². The van der Waals surface area contributed by atoms with Crippen LogP contribution in [0.5, 0.6) is 0 Å². The Morgan fingerprint density at radius 1 is 1.52 bits per heavy atom. The third kappa shape index (κ3) is 3.69. The van der Waals surface area contributed by atoms with Crippen molar-refractivity contribution in [2.75, 3.05) is 6.54 Å². The summed E-state index contributed by atoms with van der Waals surface area (Å²) in [5, 5.41) is 28.7. The van der Waals surface area contributed by atoms with E-state index in [2.05, 4.69) is 10.4 Å². The van der Waals surface area contributed by atoms with Gasteiger partial charge in [0.05, 0.1) is 17.6 Å². The summed E-state index contributed by atoms with van der Waals surface area (Å²) in [6.07, 6.45) is 3.79. The van der Waals surface area contributed by atoms with Crippen LogP contribution in [-0.4, -0.2) is 32.5 Å². The van der Waals surface area contributed by atoms with E-state index >= 15 is 0 Å². The number of halogens is 1. The number of benzene rings is 1. The quantitative estimate of drug-likeness (QED) is 0.596. The Kier molecular flexibility index (Phi) is 4.34. The lowest BCUT2D eigenvalue weighted by Gasteiger charge is -2.20. The molecule has 1 aromatic carbocycles. The lowest BCUT2D eigenvalue weighted by molar-refractivity contribution is -0.385. The van der Waals surface area contributed by atoms with Gasteiger partial charge in [0.2, 0.25) is 0 Å². The molecule has 2 aromatic rings. The fourth-order valence-electron chi connectivity index (χ4n) is 2.62. The van der Waals surface area contributed by atoms with E-state index in [4.69, 9.17) is 11.6 Å². The van der Waals surface area contributed by atoms with Gasteiger partial charge in [0.15, 0.2) is 0 Å². The predicted molar refractivity (Wildman–Crippen MR) is 85.3 cm³/mol. The molecule has 1 aliphatic rings. The van der Waals surface area contributed by atoms with Gasteiger partial charge < -0.3 is 10.4 Å². The summed E-state index contributed by atoms with van der Waals surface area (Å²) in [5.41, 5.74) is 0.914. The van der Waals surface area contributed by atoms with E-state index in [1.165, 1.54) is 17.1 Å². The van der Waals surface area contributed by atoms with Crippen molar-refractivity contribution in [3.05, 3.63) is 57.4 Å². The van der Waals surface area contributed by atoms with Crippen molar-refractivity contribution < 1.29 is 10.0 Å². The average Bonchev–Trinajstić information content (AvgIpc) is 3.17. The van der Waals surface area contributed by atoms with Gasteiger partial charge in [0, 0.05) is 17.1 Å². The second kappa shape index (κ2) is 6.27. The van der Waals surface area contributed by atoms with Crippen LogP contribution in [0.15, 0.2) is 36.7 Å². The summed E-state index contributed by atoms with van der Waals surface area (Å²) >= 11 is 6.03. The minimum absolute atomic E-state index is 0.0808. The highest BCUT2D eigenvalue weighted by Gasteiger charge is 2.44. The smallest absolute Gasteiger partial charge is 0.306 e. The molecule has 0 bridgehead atoms. The van der Waals surface area contributed by atoms with Crippen LogP contribution in [0.3, 0.4) is 0 Å². The summed E-state index contributed by atoms with van der Waals surface area (Å²) < 4.78 is 1.38. The van der Waals surface area contributed by atoms with Crippen LogP contribution < -0.4 is 5.32 Å². The van der Waals surface area contributed by atoms with Gasteiger partial charge in [-0.2, -0.15) is 5.10 Å². The molecular formula is C15H17ClN4O3. The number of rotatable bonds is 7. The Labute approximate surface area is 138 Å². The monoisotopic (exact) mass is 336 g/mol. The average molecular weight is 337 g/mol. The molecule has 2 N–H and O–H groups in total. The van der Waals surface area contributed by atoms with Gasteiger partial charge in [0.25, 0.3) is 0 Å². The van der Waals surface area contributed by atoms with Crippen LogP contribution in [0, 0.1) is 10.1 Å². The van der Waals surface area contributed by atoms with Crippen LogP contribution >= 0.6 is 11.6 Å². The van der Waals surface area contributed by atoms with Gasteiger partial charge >= 0.3 is 5.69 Å². The van der Waals surface area contributed by atoms with Crippen molar-refractivity contribution in [3.63, 3.8) is 0 Å². The Hall–Kier alpha value is -1.96. The van der Waals surface area contributed by atoms with Crippen LogP contribution in [0.4, 0.5) is 5.69 Å². The highest BCUT2D eigenvalue weighted by atomic mass is 35.5. The SMILES string of the molecule is O=[N+]([O-])c1cnn(CC(O)CNC2(c3cccc(Cl)c3)CC2)c1. The molecule has 1 heterocycles. The van der Waals surface area contributed by atoms with Crippen LogP contribution in [0.1, 0.15) is 18.4 Å². The Morgan fingerprint density at radius 2 is 2.30 bits per heavy atom. The fraction of sp³-hybridized carbons (Fsp3) is 0.400. The molecule has 0 spiro atoms. The Morgan fingerprint density at radius 3 is 2.91 bits per heavy atom. The summed E-state index contributed by atoms with van der Waals surface area (Å²) in [4.78, 5) is 10.1. The molecule has 1 aromatic heterocycles. The lowest BCUT2D eigenvalue weighted by Crippen LogP contribution is -2.37. The topological polar surface area (TPSA) is 93.2 Å². The molecule has 0 radical (unpaired) electrons. The molecule has 0 amide bonds. The molecule has 1 atom stereocenters. The van der Waals surface area contributed by atoms with Crippen molar-refractivity contribution in [1.82, 2.24) is 15.1 Å². The first kappa shape index (κ1) is 15.9. The second-order valence-corrected chi connectivity index (χ2v) is 6.24. The van der Waals surface area contributed by atoms with Gasteiger partial charge in [-0.3, -0.25) is 14.8 Å². The number of aromatic nitrogens is 2. The van der Waals surface area contributed by atoms with Crippen molar-refractivity contribution in [2.45, 2.75) is 31.0 Å². The third-order valence-corrected chi connectivity index (χ3v) is 4.27. The molecule has 0 aliphatic heterocycles. The highest BCUT2D eigenvalue weighted by molar-refractivity contribution is 6.30. The molecule has 3 rings (SSSR count). The number of aliphatic hydroxyl groups is 1. The normalized spacial score (nSPS) is 17.0. The fourth-order valence-corrected chi connectivity index (χ4v) is 2.81. The second-order valence-electron chi connectivity index (χ2n) is 5.80. The molecule has 1 fully saturated rings. The predicted octanol–water partition coefficient (Wildman–Crippen LogP) is 2.08. The summed E-state index contributed by atoms with van der Waals surface area (Å²) in [6.45, 7) is 0.576. The first-order valence-corrected chi connectivity index (χ1v) is 7.72. The van der Waals surface area contributed by atoms with Gasteiger partial charge in [-0.05, 0) is 30.5 Å².